The van der Waals surface area contributed by atoms with Crippen molar-refractivity contribution in [1.82, 2.24) is 24.8 Å². The minimum Gasteiger partial charge on any atom is -0.497 e. The zero-order valence-corrected chi connectivity index (χ0v) is 15.7. The number of carbonyl (C=O) groups excluding carboxylic acids is 1. The summed E-state index contributed by atoms with van der Waals surface area (Å²) in [7, 11) is 1.65. The molecule has 0 aliphatic carbocycles. The van der Waals surface area contributed by atoms with E-state index in [1.165, 1.54) is 12.4 Å². The Morgan fingerprint density at radius 3 is 2.82 bits per heavy atom. The van der Waals surface area contributed by atoms with Gasteiger partial charge in [-0.2, -0.15) is 0 Å². The lowest BCUT2D eigenvalue weighted by atomic mass is 9.91. The van der Waals surface area contributed by atoms with E-state index >= 15 is 0 Å². The molecule has 3 heterocycles. The predicted octanol–water partition coefficient (Wildman–Crippen LogP) is 2.96. The number of nitrogens with zero attached hydrogens (tertiary/aromatic N) is 5. The number of amides is 1. The summed E-state index contributed by atoms with van der Waals surface area (Å²) in [5.41, 5.74) is 3.07. The van der Waals surface area contributed by atoms with E-state index in [0.29, 0.717) is 18.8 Å². The van der Waals surface area contributed by atoms with Crippen LogP contribution >= 0.6 is 0 Å². The van der Waals surface area contributed by atoms with Crippen LogP contribution in [0.3, 0.4) is 0 Å². The summed E-state index contributed by atoms with van der Waals surface area (Å²) in [6, 6.07) is 7.80. The van der Waals surface area contributed by atoms with E-state index in [1.54, 1.807) is 25.7 Å². The van der Waals surface area contributed by atoms with Gasteiger partial charge in [-0.3, -0.25) is 19.7 Å². The van der Waals surface area contributed by atoms with Crippen LogP contribution in [0.5, 0.6) is 5.75 Å². The van der Waals surface area contributed by atoms with Crippen LogP contribution in [0.25, 0.3) is 11.3 Å². The van der Waals surface area contributed by atoms with Gasteiger partial charge in [0, 0.05) is 49.4 Å². The molecule has 0 saturated carbocycles. The highest BCUT2D eigenvalue weighted by molar-refractivity contribution is 5.92. The fraction of sp³-hybridized carbons (Fsp3) is 0.286. The van der Waals surface area contributed by atoms with Crippen molar-refractivity contribution in [2.75, 3.05) is 20.2 Å². The normalized spacial score (nSPS) is 16.6. The van der Waals surface area contributed by atoms with E-state index in [2.05, 4.69) is 19.9 Å². The number of ether oxygens (including phenoxy) is 1. The number of benzene rings is 1. The Labute approximate surface area is 163 Å². The monoisotopic (exact) mass is 375 g/mol. The van der Waals surface area contributed by atoms with Crippen molar-refractivity contribution in [3.63, 3.8) is 0 Å². The number of likely N-dealkylation sites (tertiary alicyclic amines) is 1. The number of aromatic nitrogens is 4. The first-order valence-electron chi connectivity index (χ1n) is 9.27. The highest BCUT2D eigenvalue weighted by atomic mass is 16.5. The Morgan fingerprint density at radius 1 is 1.14 bits per heavy atom. The second-order valence-electron chi connectivity index (χ2n) is 6.70. The van der Waals surface area contributed by atoms with Crippen molar-refractivity contribution >= 4 is 5.91 Å². The van der Waals surface area contributed by atoms with Gasteiger partial charge >= 0.3 is 0 Å². The van der Waals surface area contributed by atoms with Gasteiger partial charge in [0.25, 0.3) is 5.91 Å². The van der Waals surface area contributed by atoms with Gasteiger partial charge in [0.2, 0.25) is 0 Å². The molecule has 1 aliphatic heterocycles. The molecule has 0 N–H and O–H groups in total. The molecule has 7 nitrogen and oxygen atoms in total. The van der Waals surface area contributed by atoms with E-state index in [-0.39, 0.29) is 11.8 Å². The molecule has 1 aliphatic rings. The van der Waals surface area contributed by atoms with Crippen LogP contribution in [0, 0.1) is 0 Å². The maximum atomic E-state index is 12.8. The first-order chi connectivity index (χ1) is 13.8. The van der Waals surface area contributed by atoms with Crippen molar-refractivity contribution < 1.29 is 9.53 Å². The average molecular weight is 375 g/mol. The first-order valence-corrected chi connectivity index (χ1v) is 9.27. The molecule has 4 rings (SSSR count). The number of hydrogen-bond donors (Lipinski definition) is 0. The largest absolute Gasteiger partial charge is 0.497 e. The van der Waals surface area contributed by atoms with Gasteiger partial charge in [0.1, 0.15) is 11.4 Å². The quantitative estimate of drug-likeness (QED) is 0.697. The first kappa shape index (κ1) is 18.0. The lowest BCUT2D eigenvalue weighted by molar-refractivity contribution is 0.0699. The zero-order valence-electron chi connectivity index (χ0n) is 15.7. The molecule has 0 unspecified atom stereocenters. The Hall–Kier alpha value is -3.35. The summed E-state index contributed by atoms with van der Waals surface area (Å²) in [5, 5.41) is 0. The van der Waals surface area contributed by atoms with E-state index in [4.69, 9.17) is 4.74 Å². The third-order valence-corrected chi connectivity index (χ3v) is 4.95. The number of carbonyl (C=O) groups is 1. The van der Waals surface area contributed by atoms with Crippen LogP contribution in [-0.2, 0) is 0 Å². The molecule has 1 aromatic carbocycles. The Kier molecular flexibility index (Phi) is 5.23. The molecule has 7 heteroatoms. The fourth-order valence-electron chi connectivity index (χ4n) is 3.60. The van der Waals surface area contributed by atoms with Gasteiger partial charge in [-0.15, -0.1) is 0 Å². The second kappa shape index (κ2) is 8.12. The Bertz CT molecular complexity index is 964. The molecule has 1 atom stereocenters. The minimum atomic E-state index is -0.0929. The molecular weight excluding hydrogens is 354 g/mol. The van der Waals surface area contributed by atoms with E-state index in [0.717, 1.165) is 35.5 Å². The van der Waals surface area contributed by atoms with Crippen LogP contribution in [0.2, 0.25) is 0 Å². The summed E-state index contributed by atoms with van der Waals surface area (Å²) >= 11 is 0. The summed E-state index contributed by atoms with van der Waals surface area (Å²) in [6.07, 6.45) is 9.89. The summed E-state index contributed by atoms with van der Waals surface area (Å²) in [5.74, 6) is 0.797. The molecule has 0 spiro atoms. The van der Waals surface area contributed by atoms with Crippen LogP contribution < -0.4 is 4.74 Å². The molecule has 142 valence electrons. The van der Waals surface area contributed by atoms with Gasteiger partial charge < -0.3 is 9.64 Å². The predicted molar refractivity (Wildman–Crippen MR) is 104 cm³/mol. The fourth-order valence-corrected chi connectivity index (χ4v) is 3.60. The highest BCUT2D eigenvalue weighted by Crippen LogP contribution is 2.33. The number of rotatable bonds is 4. The smallest absolute Gasteiger partial charge is 0.274 e. The second-order valence-corrected chi connectivity index (χ2v) is 6.70. The van der Waals surface area contributed by atoms with Crippen LogP contribution in [0.15, 0.2) is 55.2 Å². The van der Waals surface area contributed by atoms with Gasteiger partial charge in [0.05, 0.1) is 24.7 Å². The van der Waals surface area contributed by atoms with E-state index < -0.39 is 0 Å². The Balaban J connectivity index is 1.62. The molecule has 3 aromatic rings. The third-order valence-electron chi connectivity index (χ3n) is 4.95. The summed E-state index contributed by atoms with van der Waals surface area (Å²) < 4.78 is 5.35. The highest BCUT2D eigenvalue weighted by Gasteiger charge is 2.29. The molecule has 0 bridgehead atoms. The van der Waals surface area contributed by atoms with Crippen molar-refractivity contribution in [3.8, 4) is 17.0 Å². The van der Waals surface area contributed by atoms with Crippen molar-refractivity contribution in [3.05, 3.63) is 66.6 Å². The van der Waals surface area contributed by atoms with E-state index in [9.17, 15) is 4.79 Å². The molecular formula is C21H21N5O2. The van der Waals surface area contributed by atoms with Gasteiger partial charge in [-0.05, 0) is 25.0 Å². The average Bonchev–Trinajstić information content (AvgIpc) is 2.79. The molecule has 0 radical (unpaired) electrons. The topological polar surface area (TPSA) is 81.1 Å². The molecule has 1 saturated heterocycles. The summed E-state index contributed by atoms with van der Waals surface area (Å²) in [4.78, 5) is 32.0. The number of hydrogen-bond acceptors (Lipinski definition) is 6. The third kappa shape index (κ3) is 3.69. The lowest BCUT2D eigenvalue weighted by Gasteiger charge is -2.32. The summed E-state index contributed by atoms with van der Waals surface area (Å²) in [6.45, 7) is 1.30. The molecule has 1 fully saturated rings. The van der Waals surface area contributed by atoms with Crippen molar-refractivity contribution in [1.29, 1.82) is 0 Å². The van der Waals surface area contributed by atoms with Crippen molar-refractivity contribution in [2.45, 2.75) is 18.8 Å². The standard InChI is InChI=1S/C21H21N5O2/c1-28-17-6-2-4-15(12-17)19-20(25-10-9-24-19)16-5-3-11-26(14-16)21(27)18-13-22-7-8-23-18/h2,4,6-10,12-13,16H,3,5,11,14H2,1H3/t16-/m0/s1. The van der Waals surface area contributed by atoms with Gasteiger partial charge in [-0.1, -0.05) is 12.1 Å². The molecule has 28 heavy (non-hydrogen) atoms. The SMILES string of the molecule is COc1cccc(-c2nccnc2[C@H]2CCCN(C(=O)c3cnccn3)C2)c1. The van der Waals surface area contributed by atoms with Gasteiger partial charge in [-0.25, -0.2) is 4.98 Å². The van der Waals surface area contributed by atoms with Crippen LogP contribution in [0.1, 0.15) is 34.9 Å². The minimum absolute atomic E-state index is 0.0929. The van der Waals surface area contributed by atoms with Crippen LogP contribution in [0.4, 0.5) is 0 Å². The van der Waals surface area contributed by atoms with Crippen molar-refractivity contribution in [2.24, 2.45) is 0 Å². The number of piperidine rings is 1. The number of methoxy groups -OCH3 is 1. The van der Waals surface area contributed by atoms with E-state index in [1.807, 2.05) is 29.2 Å². The van der Waals surface area contributed by atoms with Gasteiger partial charge in [0.15, 0.2) is 0 Å². The maximum absolute atomic E-state index is 12.8. The Morgan fingerprint density at radius 2 is 2.00 bits per heavy atom. The van der Waals surface area contributed by atoms with Crippen LogP contribution in [-0.4, -0.2) is 50.9 Å². The maximum Gasteiger partial charge on any atom is 0.274 e. The molecule has 2 aromatic heterocycles. The lowest BCUT2D eigenvalue weighted by Crippen LogP contribution is -2.39. The zero-order chi connectivity index (χ0) is 19.3. The molecule has 1 amide bonds.